The molecule has 1 aromatic rings. The summed E-state index contributed by atoms with van der Waals surface area (Å²) < 4.78 is 27.9. The molecule has 23 heavy (non-hydrogen) atoms. The van der Waals surface area contributed by atoms with Crippen molar-refractivity contribution in [3.05, 3.63) is 24.3 Å². The van der Waals surface area contributed by atoms with E-state index in [9.17, 15) is 13.2 Å². The van der Waals surface area contributed by atoms with Crippen LogP contribution in [0.25, 0.3) is 0 Å². The summed E-state index contributed by atoms with van der Waals surface area (Å²) in [5.41, 5.74) is 6.46. The number of sulfonamides is 1. The molecule has 1 fully saturated rings. The van der Waals surface area contributed by atoms with Gasteiger partial charge in [0, 0.05) is 6.04 Å². The van der Waals surface area contributed by atoms with Crippen LogP contribution in [0.1, 0.15) is 13.3 Å². The van der Waals surface area contributed by atoms with Crippen LogP contribution in [-0.4, -0.2) is 37.5 Å². The molecule has 2 heterocycles. The first-order valence-corrected chi connectivity index (χ1v) is 9.51. The number of hydrogen-bond acceptors (Lipinski definition) is 7. The lowest BCUT2D eigenvalue weighted by Crippen LogP contribution is -2.45. The van der Waals surface area contributed by atoms with E-state index in [4.69, 9.17) is 0 Å². The molecule has 0 bridgehead atoms. The van der Waals surface area contributed by atoms with Gasteiger partial charge in [0.05, 0.1) is 17.6 Å². The van der Waals surface area contributed by atoms with Crippen molar-refractivity contribution in [1.82, 2.24) is 16.2 Å². The second-order valence-corrected chi connectivity index (χ2v) is 7.86. The molecule has 124 valence electrons. The molecule has 1 amide bonds. The first kappa shape index (κ1) is 16.2. The largest absolute Gasteiger partial charge is 0.339 e. The van der Waals surface area contributed by atoms with E-state index in [1.165, 1.54) is 6.07 Å². The number of rotatable bonds is 3. The van der Waals surface area contributed by atoms with Crippen LogP contribution >= 0.6 is 11.8 Å². The lowest BCUT2D eigenvalue weighted by Gasteiger charge is -2.17. The number of hydrazine groups is 1. The zero-order chi connectivity index (χ0) is 16.4. The molecule has 0 spiro atoms. The third-order valence-electron chi connectivity index (χ3n) is 3.38. The maximum atomic E-state index is 12.1. The van der Waals surface area contributed by atoms with Crippen LogP contribution in [0.5, 0.6) is 0 Å². The number of carbonyl (C=O) groups excluding carboxylic acids is 1. The van der Waals surface area contributed by atoms with Crippen LogP contribution < -0.4 is 21.5 Å². The first-order chi connectivity index (χ1) is 10.9. The SMILES string of the molecule is CC1CC(NC(=O)CSC2=NS(=O)(=O)c3ccccc3N2)NN1. The predicted octanol–water partition coefficient (Wildman–Crippen LogP) is 0.219. The molecule has 0 aromatic heterocycles. The molecule has 1 saturated heterocycles. The van der Waals surface area contributed by atoms with E-state index in [-0.39, 0.29) is 27.9 Å². The van der Waals surface area contributed by atoms with Gasteiger partial charge in [-0.3, -0.25) is 10.2 Å². The molecule has 10 heteroatoms. The number of para-hydroxylation sites is 1. The summed E-state index contributed by atoms with van der Waals surface area (Å²) in [6.45, 7) is 2.01. The minimum Gasteiger partial charge on any atom is -0.339 e. The topological polar surface area (TPSA) is 112 Å². The van der Waals surface area contributed by atoms with Gasteiger partial charge < -0.3 is 10.6 Å². The van der Waals surface area contributed by atoms with E-state index >= 15 is 0 Å². The van der Waals surface area contributed by atoms with Crippen LogP contribution in [0.4, 0.5) is 5.69 Å². The Balaban J connectivity index is 1.59. The number of nitrogens with zero attached hydrogens (tertiary/aromatic N) is 1. The van der Waals surface area contributed by atoms with Crippen LogP contribution in [-0.2, 0) is 14.8 Å². The quantitative estimate of drug-likeness (QED) is 0.614. The number of amidine groups is 1. The smallest absolute Gasteiger partial charge is 0.286 e. The first-order valence-electron chi connectivity index (χ1n) is 7.08. The molecule has 2 aliphatic rings. The van der Waals surface area contributed by atoms with Gasteiger partial charge in [0.25, 0.3) is 10.0 Å². The zero-order valence-corrected chi connectivity index (χ0v) is 14.0. The molecule has 2 aliphatic heterocycles. The van der Waals surface area contributed by atoms with Gasteiger partial charge in [-0.15, -0.1) is 4.40 Å². The summed E-state index contributed by atoms with van der Waals surface area (Å²) in [6.07, 6.45) is 0.668. The molecule has 0 aliphatic carbocycles. The summed E-state index contributed by atoms with van der Waals surface area (Å²) in [6, 6.07) is 6.83. The third-order valence-corrected chi connectivity index (χ3v) is 5.70. The molecule has 2 unspecified atom stereocenters. The van der Waals surface area contributed by atoms with Crippen molar-refractivity contribution in [3.8, 4) is 0 Å². The summed E-state index contributed by atoms with van der Waals surface area (Å²) in [7, 11) is -3.72. The van der Waals surface area contributed by atoms with Crippen molar-refractivity contribution in [2.24, 2.45) is 4.40 Å². The molecule has 8 nitrogen and oxygen atoms in total. The van der Waals surface area contributed by atoms with E-state index in [0.29, 0.717) is 11.7 Å². The number of fused-ring (bicyclic) bond motifs is 1. The highest BCUT2D eigenvalue weighted by Crippen LogP contribution is 2.28. The van der Waals surface area contributed by atoms with E-state index in [1.807, 2.05) is 6.92 Å². The molecular formula is C13H17N5O3S2. The number of anilines is 1. The maximum Gasteiger partial charge on any atom is 0.286 e. The fourth-order valence-electron chi connectivity index (χ4n) is 2.33. The number of benzene rings is 1. The molecule has 0 radical (unpaired) electrons. The minimum absolute atomic E-state index is 0.0794. The van der Waals surface area contributed by atoms with Gasteiger partial charge in [-0.1, -0.05) is 23.9 Å². The van der Waals surface area contributed by atoms with Gasteiger partial charge in [-0.05, 0) is 25.5 Å². The van der Waals surface area contributed by atoms with Gasteiger partial charge in [0.2, 0.25) is 5.91 Å². The molecule has 4 N–H and O–H groups in total. The maximum absolute atomic E-state index is 12.1. The van der Waals surface area contributed by atoms with Crippen LogP contribution in [0.2, 0.25) is 0 Å². The Morgan fingerprint density at radius 1 is 1.39 bits per heavy atom. The van der Waals surface area contributed by atoms with Crippen LogP contribution in [0, 0.1) is 0 Å². The normalized spacial score (nSPS) is 25.2. The predicted molar refractivity (Wildman–Crippen MR) is 89.4 cm³/mol. The average Bonchev–Trinajstić information content (AvgIpc) is 2.90. The summed E-state index contributed by atoms with van der Waals surface area (Å²) in [5, 5.41) is 5.96. The van der Waals surface area contributed by atoms with Gasteiger partial charge in [0.1, 0.15) is 4.90 Å². The lowest BCUT2D eigenvalue weighted by atomic mass is 10.2. The Morgan fingerprint density at radius 2 is 2.17 bits per heavy atom. The highest BCUT2D eigenvalue weighted by atomic mass is 32.2. The Morgan fingerprint density at radius 3 is 2.91 bits per heavy atom. The molecule has 1 aromatic carbocycles. The monoisotopic (exact) mass is 355 g/mol. The van der Waals surface area contributed by atoms with E-state index in [0.717, 1.165) is 18.2 Å². The highest BCUT2D eigenvalue weighted by molar-refractivity contribution is 8.15. The van der Waals surface area contributed by atoms with Gasteiger partial charge in [-0.25, -0.2) is 5.43 Å². The van der Waals surface area contributed by atoms with Gasteiger partial charge in [-0.2, -0.15) is 8.42 Å². The Kier molecular flexibility index (Phi) is 4.57. The summed E-state index contributed by atoms with van der Waals surface area (Å²) in [5.74, 6) is -0.111. The Bertz CT molecular complexity index is 750. The second-order valence-electron chi connectivity index (χ2n) is 5.33. The lowest BCUT2D eigenvalue weighted by molar-refractivity contribution is -0.119. The highest BCUT2D eigenvalue weighted by Gasteiger charge is 2.26. The fourth-order valence-corrected chi connectivity index (χ4v) is 4.38. The Labute approximate surface area is 138 Å². The van der Waals surface area contributed by atoms with Crippen molar-refractivity contribution in [3.63, 3.8) is 0 Å². The fraction of sp³-hybridized carbons (Fsp3) is 0.385. The zero-order valence-electron chi connectivity index (χ0n) is 12.4. The second kappa shape index (κ2) is 6.48. The third kappa shape index (κ3) is 3.83. The molecular weight excluding hydrogens is 338 g/mol. The molecule has 2 atom stereocenters. The van der Waals surface area contributed by atoms with E-state index in [2.05, 4.69) is 25.9 Å². The average molecular weight is 355 g/mol. The number of carbonyl (C=O) groups is 1. The molecule has 3 rings (SSSR count). The van der Waals surface area contributed by atoms with Crippen molar-refractivity contribution >= 4 is 38.5 Å². The minimum atomic E-state index is -3.72. The van der Waals surface area contributed by atoms with Crippen molar-refractivity contribution in [2.45, 2.75) is 30.4 Å². The number of amides is 1. The van der Waals surface area contributed by atoms with Crippen molar-refractivity contribution in [2.75, 3.05) is 11.1 Å². The standard InChI is InChI=1S/C13H17N5O3S2/c1-8-6-11(17-16-8)15-12(19)7-22-13-14-9-4-2-3-5-10(9)23(20,21)18-13/h2-5,8,11,16-17H,6-7H2,1H3,(H,14,18)(H,15,19). The summed E-state index contributed by atoms with van der Waals surface area (Å²) >= 11 is 1.06. The van der Waals surface area contributed by atoms with Gasteiger partial charge >= 0.3 is 0 Å². The molecule has 0 saturated carbocycles. The van der Waals surface area contributed by atoms with Crippen LogP contribution in [0.15, 0.2) is 33.6 Å². The van der Waals surface area contributed by atoms with Crippen molar-refractivity contribution in [1.29, 1.82) is 0 Å². The van der Waals surface area contributed by atoms with Crippen LogP contribution in [0.3, 0.4) is 0 Å². The number of nitrogens with one attached hydrogen (secondary N) is 4. The summed E-state index contributed by atoms with van der Waals surface area (Å²) in [4.78, 5) is 12.1. The van der Waals surface area contributed by atoms with E-state index < -0.39 is 10.0 Å². The Hall–Kier alpha value is -1.62. The number of thioether (sulfide) groups is 1. The van der Waals surface area contributed by atoms with E-state index in [1.54, 1.807) is 18.2 Å². The van der Waals surface area contributed by atoms with Gasteiger partial charge in [0.15, 0.2) is 5.17 Å². The number of hydrogen-bond donors (Lipinski definition) is 4. The van der Waals surface area contributed by atoms with Crippen molar-refractivity contribution < 1.29 is 13.2 Å².